The van der Waals surface area contributed by atoms with Gasteiger partial charge in [-0.15, -0.1) is 0 Å². The van der Waals surface area contributed by atoms with Crippen LogP contribution in [0.2, 0.25) is 0 Å². The van der Waals surface area contributed by atoms with E-state index in [1.54, 1.807) is 13.2 Å². The van der Waals surface area contributed by atoms with Crippen LogP contribution < -0.4 is 19.9 Å². The van der Waals surface area contributed by atoms with E-state index >= 15 is 0 Å². The lowest BCUT2D eigenvalue weighted by Gasteiger charge is -2.15. The number of carbonyl (C=O) groups excluding carboxylic acids is 1. The molecule has 1 aliphatic heterocycles. The molecular weight excluding hydrogens is 414 g/mol. The Morgan fingerprint density at radius 3 is 2.50 bits per heavy atom. The molecule has 26 heavy (non-hydrogen) atoms. The molecule has 1 heterocycles. The van der Waals surface area contributed by atoms with Crippen molar-refractivity contribution in [3.8, 4) is 5.75 Å². The Morgan fingerprint density at radius 2 is 1.88 bits per heavy atom. The quantitative estimate of drug-likeness (QED) is 0.589. The summed E-state index contributed by atoms with van der Waals surface area (Å²) in [7, 11) is 5.53. The number of halogens is 1. The average molecular weight is 432 g/mol. The predicted octanol–water partition coefficient (Wildman–Crippen LogP) is 3.79. The van der Waals surface area contributed by atoms with E-state index in [1.165, 1.54) is 4.90 Å². The second kappa shape index (κ2) is 7.47. The summed E-state index contributed by atoms with van der Waals surface area (Å²) in [5.41, 5.74) is 2.94. The van der Waals surface area contributed by atoms with E-state index in [4.69, 9.17) is 17.0 Å². The van der Waals surface area contributed by atoms with Crippen LogP contribution in [-0.4, -0.2) is 32.2 Å². The van der Waals surface area contributed by atoms with Crippen molar-refractivity contribution in [1.29, 1.82) is 0 Å². The van der Waals surface area contributed by atoms with Gasteiger partial charge in [-0.05, 0) is 54.7 Å². The molecule has 5 nitrogen and oxygen atoms in total. The number of methoxy groups -OCH3 is 1. The molecule has 0 unspecified atom stereocenters. The number of benzene rings is 2. The lowest BCUT2D eigenvalue weighted by molar-refractivity contribution is -0.113. The first-order valence-corrected chi connectivity index (χ1v) is 9.09. The number of anilines is 2. The minimum Gasteiger partial charge on any atom is -0.496 e. The van der Waals surface area contributed by atoms with Gasteiger partial charge in [0.05, 0.1) is 12.8 Å². The number of carbonyl (C=O) groups is 1. The lowest BCUT2D eigenvalue weighted by atomic mass is 10.1. The van der Waals surface area contributed by atoms with Crippen molar-refractivity contribution in [1.82, 2.24) is 5.32 Å². The zero-order valence-corrected chi connectivity index (χ0v) is 17.0. The largest absolute Gasteiger partial charge is 0.496 e. The molecule has 0 aromatic heterocycles. The normalized spacial score (nSPS) is 15.4. The van der Waals surface area contributed by atoms with Crippen LogP contribution in [0.4, 0.5) is 11.4 Å². The van der Waals surface area contributed by atoms with E-state index in [9.17, 15) is 4.79 Å². The van der Waals surface area contributed by atoms with Crippen LogP contribution in [0.15, 0.2) is 52.6 Å². The summed E-state index contributed by atoms with van der Waals surface area (Å²) in [5, 5.41) is 3.35. The third-order valence-electron chi connectivity index (χ3n) is 4.00. The molecule has 0 aliphatic carbocycles. The summed E-state index contributed by atoms with van der Waals surface area (Å²) in [6, 6.07) is 13.2. The first-order valence-electron chi connectivity index (χ1n) is 7.89. The highest BCUT2D eigenvalue weighted by Gasteiger charge is 2.32. The van der Waals surface area contributed by atoms with Gasteiger partial charge in [0.15, 0.2) is 5.11 Å². The van der Waals surface area contributed by atoms with Crippen LogP contribution in [0.3, 0.4) is 0 Å². The van der Waals surface area contributed by atoms with Crippen molar-refractivity contribution < 1.29 is 9.53 Å². The van der Waals surface area contributed by atoms with Crippen molar-refractivity contribution in [3.05, 3.63) is 58.2 Å². The van der Waals surface area contributed by atoms with E-state index in [2.05, 4.69) is 21.2 Å². The zero-order valence-electron chi connectivity index (χ0n) is 14.6. The van der Waals surface area contributed by atoms with Crippen molar-refractivity contribution in [2.45, 2.75) is 0 Å². The number of ether oxygens (including phenoxy) is 1. The minimum atomic E-state index is -0.198. The number of thiocarbonyl (C=S) groups is 1. The van der Waals surface area contributed by atoms with Crippen molar-refractivity contribution >= 4 is 56.6 Å². The van der Waals surface area contributed by atoms with Gasteiger partial charge < -0.3 is 15.0 Å². The Bertz CT molecular complexity index is 894. The molecule has 0 saturated carbocycles. The monoisotopic (exact) mass is 431 g/mol. The van der Waals surface area contributed by atoms with Crippen molar-refractivity contribution in [2.24, 2.45) is 0 Å². The highest BCUT2D eigenvalue weighted by Crippen LogP contribution is 2.29. The lowest BCUT2D eigenvalue weighted by Crippen LogP contribution is -2.30. The molecule has 1 saturated heterocycles. The predicted molar refractivity (Wildman–Crippen MR) is 113 cm³/mol. The van der Waals surface area contributed by atoms with Gasteiger partial charge in [-0.2, -0.15) is 0 Å². The fraction of sp³-hybridized carbons (Fsp3) is 0.158. The molecule has 2 aromatic rings. The Balaban J connectivity index is 1.94. The molecular formula is C19H18BrN3O2S. The minimum absolute atomic E-state index is 0.198. The van der Waals surface area contributed by atoms with E-state index in [-0.39, 0.29) is 5.91 Å². The molecule has 2 aromatic carbocycles. The third kappa shape index (κ3) is 3.59. The standard InChI is InChI=1S/C19H18BrN3O2S/c1-22(2)15-7-4-12(17(11-15)25-3)10-16-18(24)23(19(26)21-16)14-8-5-13(20)6-9-14/h4-11H,1-3H3,(H,21,26)/b16-10-. The number of amides is 1. The summed E-state index contributed by atoms with van der Waals surface area (Å²) < 4.78 is 6.41. The number of rotatable bonds is 4. The molecule has 1 fully saturated rings. The van der Waals surface area contributed by atoms with Crippen LogP contribution in [0, 0.1) is 0 Å². The third-order valence-corrected chi connectivity index (χ3v) is 4.81. The molecule has 1 amide bonds. The molecule has 7 heteroatoms. The van der Waals surface area contributed by atoms with Crippen LogP contribution in [-0.2, 0) is 4.79 Å². The average Bonchev–Trinajstić information content (AvgIpc) is 2.89. The van der Waals surface area contributed by atoms with Gasteiger partial charge in [0.25, 0.3) is 5.91 Å². The van der Waals surface area contributed by atoms with Crippen LogP contribution in [0.5, 0.6) is 5.75 Å². The first kappa shape index (κ1) is 18.4. The summed E-state index contributed by atoms with van der Waals surface area (Å²) in [6.07, 6.45) is 1.76. The van der Waals surface area contributed by atoms with Gasteiger partial charge in [0.2, 0.25) is 0 Å². The Kier molecular flexibility index (Phi) is 5.29. The van der Waals surface area contributed by atoms with E-state index in [1.807, 2.05) is 61.5 Å². The molecule has 3 rings (SSSR count). The maximum Gasteiger partial charge on any atom is 0.281 e. The summed E-state index contributed by atoms with van der Waals surface area (Å²) in [5.74, 6) is 0.488. The zero-order chi connectivity index (χ0) is 18.8. The van der Waals surface area contributed by atoms with E-state index in [0.717, 1.165) is 15.7 Å². The Hall–Kier alpha value is -2.38. The summed E-state index contributed by atoms with van der Waals surface area (Å²) in [4.78, 5) is 16.3. The Labute approximate surface area is 166 Å². The molecule has 1 aliphatic rings. The van der Waals surface area contributed by atoms with Crippen LogP contribution in [0.1, 0.15) is 5.56 Å². The fourth-order valence-electron chi connectivity index (χ4n) is 2.61. The van der Waals surface area contributed by atoms with Crippen LogP contribution >= 0.6 is 28.1 Å². The fourth-order valence-corrected chi connectivity index (χ4v) is 3.18. The van der Waals surface area contributed by atoms with Gasteiger partial charge in [-0.25, -0.2) is 0 Å². The maximum absolute atomic E-state index is 12.8. The van der Waals surface area contributed by atoms with Gasteiger partial charge in [0.1, 0.15) is 11.4 Å². The van der Waals surface area contributed by atoms with Gasteiger partial charge in [0, 0.05) is 35.9 Å². The molecule has 0 atom stereocenters. The van der Waals surface area contributed by atoms with Crippen molar-refractivity contribution in [3.63, 3.8) is 0 Å². The second-order valence-electron chi connectivity index (χ2n) is 5.93. The van der Waals surface area contributed by atoms with Gasteiger partial charge in [-0.3, -0.25) is 9.69 Å². The summed E-state index contributed by atoms with van der Waals surface area (Å²) in [6.45, 7) is 0. The molecule has 134 valence electrons. The van der Waals surface area contributed by atoms with Crippen molar-refractivity contribution in [2.75, 3.05) is 31.0 Å². The molecule has 1 N–H and O–H groups in total. The van der Waals surface area contributed by atoms with E-state index in [0.29, 0.717) is 22.2 Å². The number of nitrogens with one attached hydrogen (secondary N) is 1. The van der Waals surface area contributed by atoms with E-state index < -0.39 is 0 Å². The molecule has 0 radical (unpaired) electrons. The van der Waals surface area contributed by atoms with Gasteiger partial charge in [-0.1, -0.05) is 15.9 Å². The molecule has 0 spiro atoms. The first-order chi connectivity index (χ1) is 12.4. The van der Waals surface area contributed by atoms with Crippen LogP contribution in [0.25, 0.3) is 6.08 Å². The highest BCUT2D eigenvalue weighted by molar-refractivity contribution is 9.10. The summed E-state index contributed by atoms with van der Waals surface area (Å²) >= 11 is 8.74. The topological polar surface area (TPSA) is 44.8 Å². The molecule has 0 bridgehead atoms. The Morgan fingerprint density at radius 1 is 1.19 bits per heavy atom. The number of nitrogens with zero attached hydrogens (tertiary/aromatic N) is 2. The smallest absolute Gasteiger partial charge is 0.281 e. The van der Waals surface area contributed by atoms with Gasteiger partial charge >= 0.3 is 0 Å². The maximum atomic E-state index is 12.8. The number of hydrogen-bond donors (Lipinski definition) is 1. The second-order valence-corrected chi connectivity index (χ2v) is 7.23. The number of hydrogen-bond acceptors (Lipinski definition) is 4. The SMILES string of the molecule is COc1cc(N(C)C)ccc1/C=C1\NC(=S)N(c2ccc(Br)cc2)C1=O. The highest BCUT2D eigenvalue weighted by atomic mass is 79.9.